The first-order valence-corrected chi connectivity index (χ1v) is 10.7. The van der Waals surface area contributed by atoms with Crippen LogP contribution in [0.5, 0.6) is 11.5 Å². The summed E-state index contributed by atoms with van der Waals surface area (Å²) >= 11 is 0. The number of aliphatic hydroxyl groups is 8. The average Bonchev–Trinajstić information content (AvgIpc) is 2.82. The third kappa shape index (κ3) is 5.22. The summed E-state index contributed by atoms with van der Waals surface area (Å²) in [5, 5.41) is 90.3. The molecule has 9 N–H and O–H groups in total. The van der Waals surface area contributed by atoms with Crippen LogP contribution in [0.4, 0.5) is 0 Å². The Morgan fingerprint density at radius 3 is 1.97 bits per heavy atom. The standard InChI is InChI=1S/C21H30O14/c1-6-3-7(23)4-8(32-2)10(6)20(31)34-18-9(5-22)33-21(17(30)16(18)29)35-19-14(27)12(25)11(24)13(26)15(19)28/h3-4,9,11-19,21-30H,5H2,1-2H3/t9-,11?,12-,13+,14+,15+,16+,17-,18+,19?,21-/m1/s1. The number of hydrogen-bond acceptors (Lipinski definition) is 14. The molecule has 0 bridgehead atoms. The molecule has 198 valence electrons. The number of esters is 1. The Balaban J connectivity index is 1.78. The Hall–Kier alpha value is -2.11. The second-order valence-corrected chi connectivity index (χ2v) is 8.47. The molecule has 0 spiro atoms. The number of methoxy groups -OCH3 is 1. The van der Waals surface area contributed by atoms with Crippen LogP contribution >= 0.6 is 0 Å². The van der Waals surface area contributed by atoms with Gasteiger partial charge in [0.25, 0.3) is 0 Å². The second-order valence-electron chi connectivity index (χ2n) is 8.47. The molecule has 1 aromatic carbocycles. The molecule has 0 amide bonds. The highest BCUT2D eigenvalue weighted by Crippen LogP contribution is 2.32. The summed E-state index contributed by atoms with van der Waals surface area (Å²) in [4.78, 5) is 12.8. The van der Waals surface area contributed by atoms with Crippen molar-refractivity contribution in [2.45, 2.75) is 74.3 Å². The van der Waals surface area contributed by atoms with Gasteiger partial charge in [-0.15, -0.1) is 0 Å². The molecular formula is C21H30O14. The van der Waals surface area contributed by atoms with E-state index in [2.05, 4.69) is 0 Å². The molecule has 1 saturated heterocycles. The summed E-state index contributed by atoms with van der Waals surface area (Å²) in [6, 6.07) is 2.44. The van der Waals surface area contributed by atoms with Crippen molar-refractivity contribution < 1.29 is 69.7 Å². The monoisotopic (exact) mass is 506 g/mol. The zero-order valence-corrected chi connectivity index (χ0v) is 18.8. The number of aromatic hydroxyl groups is 1. The largest absolute Gasteiger partial charge is 0.508 e. The van der Waals surface area contributed by atoms with Gasteiger partial charge in [0, 0.05) is 6.07 Å². The summed E-state index contributed by atoms with van der Waals surface area (Å²) < 4.78 is 21.1. The average molecular weight is 506 g/mol. The van der Waals surface area contributed by atoms with Crippen LogP contribution in [-0.2, 0) is 14.2 Å². The fourth-order valence-corrected chi connectivity index (χ4v) is 4.16. The van der Waals surface area contributed by atoms with Gasteiger partial charge in [-0.1, -0.05) is 0 Å². The smallest absolute Gasteiger partial charge is 0.342 e. The van der Waals surface area contributed by atoms with Crippen LogP contribution in [0.25, 0.3) is 0 Å². The SMILES string of the molecule is COc1cc(O)cc(C)c1C(=O)O[C@@H]1[C@@H](O)[C@@H](O)[C@@H](OC2[C@@H](O)[C@H](O)C(O)[C@H](O)[C@@H]2O)O[C@@H]1CO. The molecule has 14 nitrogen and oxygen atoms in total. The summed E-state index contributed by atoms with van der Waals surface area (Å²) in [6.07, 6.45) is -20.0. The minimum atomic E-state index is -1.95. The molecule has 1 heterocycles. The van der Waals surface area contributed by atoms with Gasteiger partial charge in [-0.25, -0.2) is 4.79 Å². The third-order valence-corrected chi connectivity index (χ3v) is 6.14. The molecular weight excluding hydrogens is 476 g/mol. The summed E-state index contributed by atoms with van der Waals surface area (Å²) in [7, 11) is 1.26. The third-order valence-electron chi connectivity index (χ3n) is 6.14. The number of hydrogen-bond donors (Lipinski definition) is 9. The number of ether oxygens (including phenoxy) is 4. The molecule has 2 fully saturated rings. The highest BCUT2D eigenvalue weighted by atomic mass is 16.7. The van der Waals surface area contributed by atoms with Crippen LogP contribution in [0.2, 0.25) is 0 Å². The lowest BCUT2D eigenvalue weighted by molar-refractivity contribution is -0.338. The van der Waals surface area contributed by atoms with Gasteiger partial charge in [-0.2, -0.15) is 0 Å². The molecule has 3 rings (SSSR count). The molecule has 0 aromatic heterocycles. The molecule has 14 heteroatoms. The van der Waals surface area contributed by atoms with Crippen LogP contribution in [-0.4, -0.2) is 133 Å². The van der Waals surface area contributed by atoms with E-state index in [-0.39, 0.29) is 22.6 Å². The maximum Gasteiger partial charge on any atom is 0.342 e. The van der Waals surface area contributed by atoms with Crippen molar-refractivity contribution >= 4 is 5.97 Å². The minimum Gasteiger partial charge on any atom is -0.508 e. The fraction of sp³-hybridized carbons (Fsp3) is 0.667. The molecule has 1 aliphatic carbocycles. The first kappa shape index (κ1) is 27.5. The van der Waals surface area contributed by atoms with Crippen molar-refractivity contribution in [1.29, 1.82) is 0 Å². The number of rotatable bonds is 6. The number of aryl methyl sites for hydroxylation is 1. The zero-order valence-electron chi connectivity index (χ0n) is 18.8. The molecule has 0 radical (unpaired) electrons. The number of benzene rings is 1. The first-order chi connectivity index (χ1) is 16.4. The van der Waals surface area contributed by atoms with Gasteiger partial charge in [0.1, 0.15) is 72.0 Å². The number of carbonyl (C=O) groups is 1. The summed E-state index contributed by atoms with van der Waals surface area (Å²) in [5.41, 5.74) is 0.192. The summed E-state index contributed by atoms with van der Waals surface area (Å²) in [6.45, 7) is 0.669. The Morgan fingerprint density at radius 1 is 0.886 bits per heavy atom. The van der Waals surface area contributed by atoms with E-state index in [1.54, 1.807) is 0 Å². The minimum absolute atomic E-state index is 0.0272. The maximum atomic E-state index is 12.8. The van der Waals surface area contributed by atoms with Crippen molar-refractivity contribution in [2.24, 2.45) is 0 Å². The second kappa shape index (κ2) is 10.9. The van der Waals surface area contributed by atoms with Crippen molar-refractivity contribution in [1.82, 2.24) is 0 Å². The highest BCUT2D eigenvalue weighted by Gasteiger charge is 2.53. The van der Waals surface area contributed by atoms with E-state index >= 15 is 0 Å². The lowest BCUT2D eigenvalue weighted by Crippen LogP contribution is -2.67. The van der Waals surface area contributed by atoms with Gasteiger partial charge in [-0.3, -0.25) is 0 Å². The van der Waals surface area contributed by atoms with E-state index in [0.29, 0.717) is 0 Å². The Bertz CT molecular complexity index is 877. The predicted molar refractivity (Wildman–Crippen MR) is 111 cm³/mol. The molecule has 2 aliphatic rings. The predicted octanol–water partition coefficient (Wildman–Crippen LogP) is -4.12. The van der Waals surface area contributed by atoms with Crippen LogP contribution in [0, 0.1) is 6.92 Å². The van der Waals surface area contributed by atoms with E-state index in [1.807, 2.05) is 0 Å². The van der Waals surface area contributed by atoms with Crippen molar-refractivity contribution in [3.63, 3.8) is 0 Å². The topological polar surface area (TPSA) is 236 Å². The van der Waals surface area contributed by atoms with Crippen LogP contribution in [0.15, 0.2) is 12.1 Å². The molecule has 1 aliphatic heterocycles. The first-order valence-electron chi connectivity index (χ1n) is 10.7. The van der Waals surface area contributed by atoms with Gasteiger partial charge in [-0.05, 0) is 18.6 Å². The lowest BCUT2D eigenvalue weighted by atomic mass is 9.84. The quantitative estimate of drug-likeness (QED) is 0.167. The molecule has 1 aromatic rings. The molecule has 1 saturated carbocycles. The molecule has 2 unspecified atom stereocenters. The van der Waals surface area contributed by atoms with E-state index < -0.39 is 79.9 Å². The van der Waals surface area contributed by atoms with Crippen LogP contribution in [0.3, 0.4) is 0 Å². The van der Waals surface area contributed by atoms with E-state index in [9.17, 15) is 50.8 Å². The molecule has 35 heavy (non-hydrogen) atoms. The maximum absolute atomic E-state index is 12.8. The number of carbonyl (C=O) groups excluding carboxylic acids is 1. The van der Waals surface area contributed by atoms with Gasteiger partial charge in [0.2, 0.25) is 0 Å². The summed E-state index contributed by atoms with van der Waals surface area (Å²) in [5.74, 6) is -1.22. The lowest BCUT2D eigenvalue weighted by Gasteiger charge is -2.46. The van der Waals surface area contributed by atoms with E-state index in [0.717, 1.165) is 0 Å². The van der Waals surface area contributed by atoms with Crippen molar-refractivity contribution in [2.75, 3.05) is 13.7 Å². The van der Waals surface area contributed by atoms with Gasteiger partial charge in [0.05, 0.1) is 13.7 Å². The Labute approximate surface area is 199 Å². The van der Waals surface area contributed by atoms with Crippen LogP contribution < -0.4 is 4.74 Å². The van der Waals surface area contributed by atoms with Crippen molar-refractivity contribution in [3.8, 4) is 11.5 Å². The number of phenols is 1. The zero-order chi connectivity index (χ0) is 26.2. The fourth-order valence-electron chi connectivity index (χ4n) is 4.16. The van der Waals surface area contributed by atoms with Gasteiger partial charge in [0.15, 0.2) is 12.4 Å². The highest BCUT2D eigenvalue weighted by molar-refractivity contribution is 5.94. The van der Waals surface area contributed by atoms with E-state index in [4.69, 9.17) is 18.9 Å². The molecule has 11 atom stereocenters. The van der Waals surface area contributed by atoms with Gasteiger partial charge >= 0.3 is 5.97 Å². The number of aliphatic hydroxyl groups excluding tert-OH is 8. The van der Waals surface area contributed by atoms with Gasteiger partial charge < -0.3 is 64.9 Å². The van der Waals surface area contributed by atoms with Crippen molar-refractivity contribution in [3.05, 3.63) is 23.3 Å². The van der Waals surface area contributed by atoms with Crippen LogP contribution in [0.1, 0.15) is 15.9 Å². The number of phenolic OH excluding ortho intramolecular Hbond substituents is 1. The Morgan fingerprint density at radius 2 is 1.43 bits per heavy atom. The normalized spacial score (nSPS) is 39.8. The van der Waals surface area contributed by atoms with E-state index in [1.165, 1.54) is 26.2 Å². The Kier molecular flexibility index (Phi) is 8.54.